The fourth-order valence-electron chi connectivity index (χ4n) is 2.13. The van der Waals surface area contributed by atoms with Crippen molar-refractivity contribution in [1.82, 2.24) is 0 Å². The number of carbonyl (C=O) groups excluding carboxylic acids is 1. The minimum absolute atomic E-state index is 0. The molecule has 1 aromatic rings. The summed E-state index contributed by atoms with van der Waals surface area (Å²) in [7, 11) is -3.30. The van der Waals surface area contributed by atoms with Gasteiger partial charge in [-0.25, -0.2) is 8.42 Å². The highest BCUT2D eigenvalue weighted by Crippen LogP contribution is 2.21. The van der Waals surface area contributed by atoms with Gasteiger partial charge in [-0.05, 0) is 37.1 Å². The van der Waals surface area contributed by atoms with Crippen LogP contribution in [0.15, 0.2) is 24.3 Å². The standard InChI is InChI=1S/C13H19N3O4S.ClH/c1-21(18,19)16-10-4-2-9(3-5-10)15-13(17)12-7-6-11(8-14)20-12;/h2-5,11-12,16H,6-8,14H2,1H3,(H,15,17);1H/t11-,12+;/m1./s1. The van der Waals surface area contributed by atoms with Gasteiger partial charge >= 0.3 is 0 Å². The smallest absolute Gasteiger partial charge is 0.253 e. The molecule has 1 amide bonds. The van der Waals surface area contributed by atoms with Gasteiger partial charge in [0.15, 0.2) is 0 Å². The largest absolute Gasteiger partial charge is 0.364 e. The minimum Gasteiger partial charge on any atom is -0.364 e. The maximum absolute atomic E-state index is 12.0. The number of ether oxygens (including phenoxy) is 1. The van der Waals surface area contributed by atoms with Crippen molar-refractivity contribution in [3.63, 3.8) is 0 Å². The number of sulfonamides is 1. The van der Waals surface area contributed by atoms with E-state index in [9.17, 15) is 13.2 Å². The summed E-state index contributed by atoms with van der Waals surface area (Å²) >= 11 is 0. The molecule has 124 valence electrons. The van der Waals surface area contributed by atoms with E-state index < -0.39 is 16.1 Å². The zero-order chi connectivity index (χ0) is 15.5. The molecular weight excluding hydrogens is 330 g/mol. The number of hydrogen-bond donors (Lipinski definition) is 3. The maximum Gasteiger partial charge on any atom is 0.253 e. The molecule has 0 unspecified atom stereocenters. The number of nitrogens with one attached hydrogen (secondary N) is 2. The molecular formula is C13H20ClN3O4S. The molecule has 0 spiro atoms. The number of rotatable bonds is 5. The lowest BCUT2D eigenvalue weighted by Gasteiger charge is -2.13. The Labute approximate surface area is 136 Å². The Kier molecular flexibility index (Phi) is 6.61. The zero-order valence-electron chi connectivity index (χ0n) is 12.1. The summed E-state index contributed by atoms with van der Waals surface area (Å²) in [6.45, 7) is 0.412. The van der Waals surface area contributed by atoms with Gasteiger partial charge in [-0.15, -0.1) is 12.4 Å². The lowest BCUT2D eigenvalue weighted by molar-refractivity contribution is -0.126. The maximum atomic E-state index is 12.0. The normalized spacial score (nSPS) is 21.0. The molecule has 1 heterocycles. The second-order valence-electron chi connectivity index (χ2n) is 5.00. The lowest BCUT2D eigenvalue weighted by atomic mass is 10.2. The lowest BCUT2D eigenvalue weighted by Crippen LogP contribution is -2.29. The molecule has 1 aliphatic rings. The first kappa shape index (κ1) is 18.7. The van der Waals surface area contributed by atoms with Crippen LogP contribution in [0.4, 0.5) is 11.4 Å². The van der Waals surface area contributed by atoms with E-state index in [1.54, 1.807) is 24.3 Å². The Bertz CT molecular complexity index is 606. The van der Waals surface area contributed by atoms with Crippen molar-refractivity contribution in [3.8, 4) is 0 Å². The molecule has 0 aliphatic carbocycles. The van der Waals surface area contributed by atoms with Gasteiger partial charge in [-0.2, -0.15) is 0 Å². The second-order valence-corrected chi connectivity index (χ2v) is 6.75. The molecule has 0 saturated carbocycles. The van der Waals surface area contributed by atoms with Crippen LogP contribution in [0, 0.1) is 0 Å². The molecule has 1 saturated heterocycles. The van der Waals surface area contributed by atoms with Crippen LogP contribution in [0.5, 0.6) is 0 Å². The highest BCUT2D eigenvalue weighted by Gasteiger charge is 2.29. The fraction of sp³-hybridized carbons (Fsp3) is 0.462. The van der Waals surface area contributed by atoms with E-state index in [1.807, 2.05) is 0 Å². The van der Waals surface area contributed by atoms with Crippen LogP contribution in [0.2, 0.25) is 0 Å². The molecule has 9 heteroatoms. The van der Waals surface area contributed by atoms with E-state index >= 15 is 0 Å². The first-order valence-electron chi connectivity index (χ1n) is 6.61. The Morgan fingerprint density at radius 1 is 1.27 bits per heavy atom. The van der Waals surface area contributed by atoms with E-state index in [0.717, 1.165) is 12.7 Å². The van der Waals surface area contributed by atoms with Crippen molar-refractivity contribution in [1.29, 1.82) is 0 Å². The van der Waals surface area contributed by atoms with Gasteiger partial charge in [-0.3, -0.25) is 9.52 Å². The van der Waals surface area contributed by atoms with Crippen LogP contribution < -0.4 is 15.8 Å². The molecule has 1 fully saturated rings. The molecule has 4 N–H and O–H groups in total. The van der Waals surface area contributed by atoms with E-state index in [1.165, 1.54) is 0 Å². The van der Waals surface area contributed by atoms with Crippen molar-refractivity contribution in [2.75, 3.05) is 22.8 Å². The molecule has 0 radical (unpaired) electrons. The van der Waals surface area contributed by atoms with Crippen molar-refractivity contribution in [3.05, 3.63) is 24.3 Å². The number of benzene rings is 1. The summed E-state index contributed by atoms with van der Waals surface area (Å²) in [5.74, 6) is -0.213. The summed E-state index contributed by atoms with van der Waals surface area (Å²) in [6, 6.07) is 6.41. The number of anilines is 2. The number of hydrogen-bond acceptors (Lipinski definition) is 5. The van der Waals surface area contributed by atoms with Crippen LogP contribution in [0.25, 0.3) is 0 Å². The summed E-state index contributed by atoms with van der Waals surface area (Å²) in [5, 5.41) is 2.74. The van der Waals surface area contributed by atoms with Crippen molar-refractivity contribution >= 4 is 39.7 Å². The molecule has 2 atom stereocenters. The molecule has 2 rings (SSSR count). The molecule has 1 aromatic carbocycles. The van der Waals surface area contributed by atoms with Gasteiger partial charge in [0.05, 0.1) is 12.4 Å². The van der Waals surface area contributed by atoms with Gasteiger partial charge in [0, 0.05) is 17.9 Å². The van der Waals surface area contributed by atoms with Crippen molar-refractivity contribution in [2.24, 2.45) is 5.73 Å². The predicted octanol–water partition coefficient (Wildman–Crippen LogP) is 0.925. The molecule has 7 nitrogen and oxygen atoms in total. The Hall–Kier alpha value is -1.35. The quantitative estimate of drug-likeness (QED) is 0.732. The fourth-order valence-corrected chi connectivity index (χ4v) is 2.69. The van der Waals surface area contributed by atoms with E-state index in [0.29, 0.717) is 24.3 Å². The van der Waals surface area contributed by atoms with Gasteiger partial charge in [0.2, 0.25) is 10.0 Å². The van der Waals surface area contributed by atoms with Crippen LogP contribution in [0.3, 0.4) is 0 Å². The minimum atomic E-state index is -3.30. The zero-order valence-corrected chi connectivity index (χ0v) is 13.7. The first-order valence-corrected chi connectivity index (χ1v) is 8.51. The molecule has 1 aliphatic heterocycles. The molecule has 0 aromatic heterocycles. The van der Waals surface area contributed by atoms with Gasteiger partial charge in [0.25, 0.3) is 5.91 Å². The van der Waals surface area contributed by atoms with Gasteiger partial charge in [-0.1, -0.05) is 0 Å². The van der Waals surface area contributed by atoms with Crippen LogP contribution in [-0.4, -0.2) is 39.3 Å². The molecule has 22 heavy (non-hydrogen) atoms. The van der Waals surface area contributed by atoms with Crippen LogP contribution in [0.1, 0.15) is 12.8 Å². The van der Waals surface area contributed by atoms with Gasteiger partial charge in [0.1, 0.15) is 6.10 Å². The van der Waals surface area contributed by atoms with Gasteiger partial charge < -0.3 is 15.8 Å². The highest BCUT2D eigenvalue weighted by molar-refractivity contribution is 7.92. The number of amides is 1. The Morgan fingerprint density at radius 3 is 2.36 bits per heavy atom. The van der Waals surface area contributed by atoms with E-state index in [4.69, 9.17) is 10.5 Å². The summed E-state index contributed by atoms with van der Waals surface area (Å²) in [5.41, 5.74) is 6.53. The Morgan fingerprint density at radius 2 is 1.86 bits per heavy atom. The summed E-state index contributed by atoms with van der Waals surface area (Å²) < 4.78 is 30.0. The second kappa shape index (κ2) is 7.77. The third-order valence-corrected chi connectivity index (χ3v) is 3.73. The van der Waals surface area contributed by atoms with E-state index in [2.05, 4.69) is 10.0 Å². The number of carbonyl (C=O) groups is 1. The third kappa shape index (κ3) is 5.45. The van der Waals surface area contributed by atoms with E-state index in [-0.39, 0.29) is 24.4 Å². The summed E-state index contributed by atoms with van der Waals surface area (Å²) in [6.07, 6.45) is 1.98. The first-order chi connectivity index (χ1) is 9.87. The number of halogens is 1. The predicted molar refractivity (Wildman–Crippen MR) is 87.7 cm³/mol. The SMILES string of the molecule is CS(=O)(=O)Nc1ccc(NC(=O)[C@@H]2CC[C@H](CN)O2)cc1.Cl. The number of nitrogens with two attached hydrogens (primary N) is 1. The van der Waals surface area contributed by atoms with Crippen molar-refractivity contribution < 1.29 is 17.9 Å². The topological polar surface area (TPSA) is 111 Å². The average molecular weight is 350 g/mol. The van der Waals surface area contributed by atoms with Crippen LogP contribution >= 0.6 is 12.4 Å². The summed E-state index contributed by atoms with van der Waals surface area (Å²) in [4.78, 5) is 12.0. The molecule has 0 bridgehead atoms. The monoisotopic (exact) mass is 349 g/mol. The highest BCUT2D eigenvalue weighted by atomic mass is 35.5. The Balaban J connectivity index is 0.00000242. The van der Waals surface area contributed by atoms with Crippen molar-refractivity contribution in [2.45, 2.75) is 25.0 Å². The average Bonchev–Trinajstić information content (AvgIpc) is 2.88. The van der Waals surface area contributed by atoms with Crippen LogP contribution in [-0.2, 0) is 19.6 Å². The third-order valence-electron chi connectivity index (χ3n) is 3.12.